The molecule has 0 aliphatic heterocycles. The summed E-state index contributed by atoms with van der Waals surface area (Å²) in [5, 5.41) is 11.3. The number of methoxy groups -OCH3 is 1. The van der Waals surface area contributed by atoms with E-state index in [1.807, 2.05) is 0 Å². The molecule has 1 amide bonds. The van der Waals surface area contributed by atoms with Crippen LogP contribution in [0.5, 0.6) is 0 Å². The fourth-order valence-corrected chi connectivity index (χ4v) is 1.09. The van der Waals surface area contributed by atoms with Crippen molar-refractivity contribution in [1.82, 2.24) is 5.32 Å². The van der Waals surface area contributed by atoms with Crippen molar-refractivity contribution in [2.45, 2.75) is 19.3 Å². The quantitative estimate of drug-likeness (QED) is 0.473. The number of carbonyl (C=O) groups excluding carboxylic acids is 2. The molecule has 0 radical (unpaired) electrons. The molecule has 0 spiro atoms. The lowest BCUT2D eigenvalue weighted by Gasteiger charge is -2.11. The highest BCUT2D eigenvalue weighted by atomic mass is 16.5. The summed E-state index contributed by atoms with van der Waals surface area (Å²) in [5.74, 6) is -2.98. The van der Waals surface area contributed by atoms with Gasteiger partial charge in [-0.15, -0.1) is 6.58 Å². The number of carboxylic acids is 1. The molecule has 6 nitrogen and oxygen atoms in total. The SMILES string of the molecule is C=CCCC(=O)NC[C@@H](CC(=O)OC)C(=O)O. The highest BCUT2D eigenvalue weighted by Crippen LogP contribution is 2.04. The Labute approximate surface area is 99.6 Å². The maximum Gasteiger partial charge on any atom is 0.308 e. The summed E-state index contributed by atoms with van der Waals surface area (Å²) in [6.45, 7) is 3.39. The first-order valence-electron chi connectivity index (χ1n) is 5.18. The van der Waals surface area contributed by atoms with E-state index in [0.717, 1.165) is 0 Å². The van der Waals surface area contributed by atoms with E-state index < -0.39 is 17.9 Å². The van der Waals surface area contributed by atoms with E-state index in [1.165, 1.54) is 7.11 Å². The zero-order valence-corrected chi connectivity index (χ0v) is 9.77. The van der Waals surface area contributed by atoms with Crippen LogP contribution in [-0.4, -0.2) is 36.6 Å². The van der Waals surface area contributed by atoms with Gasteiger partial charge < -0.3 is 15.2 Å². The van der Waals surface area contributed by atoms with Gasteiger partial charge in [-0.1, -0.05) is 6.08 Å². The molecule has 0 aromatic carbocycles. The Bertz CT molecular complexity index is 300. The van der Waals surface area contributed by atoms with Gasteiger partial charge in [0.25, 0.3) is 0 Å². The first-order valence-corrected chi connectivity index (χ1v) is 5.18. The molecule has 1 atom stereocenters. The number of nitrogens with one attached hydrogen (secondary N) is 1. The summed E-state index contributed by atoms with van der Waals surface area (Å²) in [4.78, 5) is 33.0. The number of aliphatic carboxylic acids is 1. The van der Waals surface area contributed by atoms with Crippen molar-refractivity contribution in [3.05, 3.63) is 12.7 Å². The molecule has 0 saturated carbocycles. The largest absolute Gasteiger partial charge is 0.481 e. The maximum atomic E-state index is 11.2. The summed E-state index contributed by atoms with van der Waals surface area (Å²) in [6.07, 6.45) is 2.13. The van der Waals surface area contributed by atoms with Crippen LogP contribution >= 0.6 is 0 Å². The van der Waals surface area contributed by atoms with E-state index in [0.29, 0.717) is 6.42 Å². The third kappa shape index (κ3) is 7.10. The van der Waals surface area contributed by atoms with Crippen LogP contribution in [0.1, 0.15) is 19.3 Å². The minimum absolute atomic E-state index is 0.0829. The van der Waals surface area contributed by atoms with Crippen molar-refractivity contribution in [2.24, 2.45) is 5.92 Å². The number of amides is 1. The molecule has 0 saturated heterocycles. The molecule has 0 unspecified atom stereocenters. The Morgan fingerprint density at radius 2 is 2.12 bits per heavy atom. The lowest BCUT2D eigenvalue weighted by molar-refractivity contribution is -0.149. The molecule has 2 N–H and O–H groups in total. The highest BCUT2D eigenvalue weighted by Gasteiger charge is 2.22. The summed E-state index contributed by atoms with van der Waals surface area (Å²) >= 11 is 0. The standard InChI is InChI=1S/C11H17NO5/c1-3-4-5-9(13)12-7-8(11(15)16)6-10(14)17-2/h3,8H,1,4-7H2,2H3,(H,12,13)(H,15,16)/t8-/m1/s1. The second-order valence-corrected chi connectivity index (χ2v) is 3.45. The third-order valence-electron chi connectivity index (χ3n) is 2.11. The lowest BCUT2D eigenvalue weighted by atomic mass is 10.1. The van der Waals surface area contributed by atoms with Gasteiger partial charge in [0.15, 0.2) is 0 Å². The molecule has 0 aromatic rings. The Kier molecular flexibility index (Phi) is 7.41. The van der Waals surface area contributed by atoms with Gasteiger partial charge in [0.05, 0.1) is 19.4 Å². The van der Waals surface area contributed by atoms with Gasteiger partial charge in [0.2, 0.25) is 5.91 Å². The van der Waals surface area contributed by atoms with Crippen LogP contribution < -0.4 is 5.32 Å². The van der Waals surface area contributed by atoms with Crippen LogP contribution in [0.15, 0.2) is 12.7 Å². The summed E-state index contributed by atoms with van der Waals surface area (Å²) in [5.41, 5.74) is 0. The molecule has 0 aromatic heterocycles. The van der Waals surface area contributed by atoms with Crippen molar-refractivity contribution >= 4 is 17.8 Å². The number of allylic oxidation sites excluding steroid dienone is 1. The van der Waals surface area contributed by atoms with Crippen molar-refractivity contribution in [3.63, 3.8) is 0 Å². The Hall–Kier alpha value is -1.85. The van der Waals surface area contributed by atoms with Gasteiger partial charge in [-0.3, -0.25) is 14.4 Å². The van der Waals surface area contributed by atoms with Crippen LogP contribution in [0, 0.1) is 5.92 Å². The van der Waals surface area contributed by atoms with Crippen LogP contribution in [-0.2, 0) is 19.1 Å². The monoisotopic (exact) mass is 243 g/mol. The zero-order valence-electron chi connectivity index (χ0n) is 9.77. The maximum absolute atomic E-state index is 11.2. The average Bonchev–Trinajstić information content (AvgIpc) is 2.30. The highest BCUT2D eigenvalue weighted by molar-refractivity contribution is 5.80. The fraction of sp³-hybridized carbons (Fsp3) is 0.545. The Balaban J connectivity index is 4.09. The second kappa shape index (κ2) is 8.32. The van der Waals surface area contributed by atoms with Gasteiger partial charge in [-0.25, -0.2) is 0 Å². The molecule has 0 fully saturated rings. The van der Waals surface area contributed by atoms with Crippen molar-refractivity contribution < 1.29 is 24.2 Å². The number of carboxylic acid groups (broad SMARTS) is 1. The molecule has 6 heteroatoms. The van der Waals surface area contributed by atoms with Gasteiger partial charge >= 0.3 is 11.9 Å². The van der Waals surface area contributed by atoms with Gasteiger partial charge in [0, 0.05) is 13.0 Å². The topological polar surface area (TPSA) is 92.7 Å². The molecular formula is C11H17NO5. The summed E-state index contributed by atoms with van der Waals surface area (Å²) in [7, 11) is 1.18. The number of esters is 1. The van der Waals surface area contributed by atoms with E-state index in [-0.39, 0.29) is 25.3 Å². The van der Waals surface area contributed by atoms with Gasteiger partial charge in [-0.05, 0) is 6.42 Å². The van der Waals surface area contributed by atoms with E-state index in [1.54, 1.807) is 6.08 Å². The predicted molar refractivity (Wildman–Crippen MR) is 60.2 cm³/mol. The number of rotatable bonds is 8. The second-order valence-electron chi connectivity index (χ2n) is 3.45. The van der Waals surface area contributed by atoms with Crippen LogP contribution in [0.3, 0.4) is 0 Å². The fourth-order valence-electron chi connectivity index (χ4n) is 1.09. The molecule has 0 rings (SSSR count). The summed E-state index contributed by atoms with van der Waals surface area (Å²) < 4.78 is 4.37. The Morgan fingerprint density at radius 1 is 1.47 bits per heavy atom. The Morgan fingerprint density at radius 3 is 2.59 bits per heavy atom. The van der Waals surface area contributed by atoms with E-state index in [4.69, 9.17) is 5.11 Å². The number of hydrogen-bond donors (Lipinski definition) is 2. The molecule has 0 heterocycles. The van der Waals surface area contributed by atoms with Gasteiger partial charge in [0.1, 0.15) is 0 Å². The first-order chi connectivity index (χ1) is 8.01. The minimum Gasteiger partial charge on any atom is -0.481 e. The van der Waals surface area contributed by atoms with Crippen molar-refractivity contribution in [1.29, 1.82) is 0 Å². The minimum atomic E-state index is -1.14. The number of ether oxygens (including phenoxy) is 1. The smallest absolute Gasteiger partial charge is 0.308 e. The third-order valence-corrected chi connectivity index (χ3v) is 2.11. The zero-order chi connectivity index (χ0) is 13.3. The molecule has 0 aliphatic rings. The normalized spacial score (nSPS) is 11.4. The van der Waals surface area contributed by atoms with Crippen LogP contribution in [0.25, 0.3) is 0 Å². The molecule has 96 valence electrons. The van der Waals surface area contributed by atoms with Crippen LogP contribution in [0.2, 0.25) is 0 Å². The summed E-state index contributed by atoms with van der Waals surface area (Å²) in [6, 6.07) is 0. The molecule has 0 bridgehead atoms. The molecule has 0 aliphatic carbocycles. The molecule has 17 heavy (non-hydrogen) atoms. The van der Waals surface area contributed by atoms with Gasteiger partial charge in [-0.2, -0.15) is 0 Å². The van der Waals surface area contributed by atoms with Crippen molar-refractivity contribution in [2.75, 3.05) is 13.7 Å². The van der Waals surface area contributed by atoms with E-state index >= 15 is 0 Å². The number of carbonyl (C=O) groups is 3. The first kappa shape index (κ1) is 15.2. The van der Waals surface area contributed by atoms with Crippen molar-refractivity contribution in [3.8, 4) is 0 Å². The number of hydrogen-bond acceptors (Lipinski definition) is 4. The van der Waals surface area contributed by atoms with E-state index in [2.05, 4.69) is 16.6 Å². The average molecular weight is 243 g/mol. The van der Waals surface area contributed by atoms with Crippen LogP contribution in [0.4, 0.5) is 0 Å². The lowest BCUT2D eigenvalue weighted by Crippen LogP contribution is -2.34. The van der Waals surface area contributed by atoms with E-state index in [9.17, 15) is 14.4 Å². The molecular weight excluding hydrogens is 226 g/mol. The predicted octanol–water partition coefficient (Wildman–Crippen LogP) is 0.333.